The number of hydrogen-bond acceptors (Lipinski definition) is 9. The molecule has 1 fully saturated rings. The SMILES string of the molecule is O=C1c2ccccc2C(=O)N1C1C(=O)N(c2ccc(OCc3cn(Cc4ccccc4)nn3)cc2)C1c1ccc(OCc2cn(Cc3ccccc3)nn2)cc1. The minimum atomic E-state index is -1.04. The summed E-state index contributed by atoms with van der Waals surface area (Å²) in [6.45, 7) is 1.62. The Balaban J connectivity index is 0.906. The Morgan fingerprint density at radius 1 is 0.500 bits per heavy atom. The third-order valence-electron chi connectivity index (χ3n) is 9.83. The number of hydrogen-bond donors (Lipinski definition) is 0. The summed E-state index contributed by atoms with van der Waals surface area (Å²) in [7, 11) is 0. The Kier molecular flexibility index (Phi) is 9.07. The zero-order valence-electron chi connectivity index (χ0n) is 30.0. The van der Waals surface area contributed by atoms with Crippen molar-refractivity contribution < 1.29 is 23.9 Å². The van der Waals surface area contributed by atoms with E-state index < -0.39 is 23.9 Å². The van der Waals surface area contributed by atoms with Crippen molar-refractivity contribution in [3.8, 4) is 11.5 Å². The highest BCUT2D eigenvalue weighted by Crippen LogP contribution is 2.45. The van der Waals surface area contributed by atoms with E-state index in [9.17, 15) is 14.4 Å². The largest absolute Gasteiger partial charge is 0.487 e. The maximum absolute atomic E-state index is 14.0. The van der Waals surface area contributed by atoms with Crippen LogP contribution in [0.1, 0.15) is 54.8 Å². The highest BCUT2D eigenvalue weighted by atomic mass is 16.5. The van der Waals surface area contributed by atoms with Gasteiger partial charge in [0.05, 0.1) is 42.7 Å². The van der Waals surface area contributed by atoms with Gasteiger partial charge in [-0.3, -0.25) is 19.3 Å². The summed E-state index contributed by atoms with van der Waals surface area (Å²) in [4.78, 5) is 43.9. The number of benzene rings is 5. The van der Waals surface area contributed by atoms with Gasteiger partial charge in [0.1, 0.15) is 42.1 Å². The summed E-state index contributed by atoms with van der Waals surface area (Å²) < 4.78 is 15.6. The van der Waals surface area contributed by atoms with E-state index in [-0.39, 0.29) is 30.2 Å². The molecule has 2 aromatic heterocycles. The second kappa shape index (κ2) is 14.8. The first-order valence-electron chi connectivity index (χ1n) is 18.1. The molecule has 0 aliphatic carbocycles. The number of nitrogens with zero attached hydrogens (tertiary/aromatic N) is 8. The number of ether oxygens (including phenoxy) is 2. The lowest BCUT2D eigenvalue weighted by Gasteiger charge is -2.49. The Hall–Kier alpha value is -7.41. The molecule has 276 valence electrons. The molecule has 0 bridgehead atoms. The topological polar surface area (TPSA) is 138 Å². The quantitative estimate of drug-likeness (QED) is 0.105. The molecule has 0 N–H and O–H groups in total. The summed E-state index contributed by atoms with van der Waals surface area (Å²) in [6, 6.07) is 39.4. The Bertz CT molecular complexity index is 2480. The van der Waals surface area contributed by atoms with Crippen molar-refractivity contribution in [2.24, 2.45) is 0 Å². The molecule has 13 nitrogen and oxygen atoms in total. The van der Waals surface area contributed by atoms with Crippen LogP contribution in [0.3, 0.4) is 0 Å². The van der Waals surface area contributed by atoms with Crippen LogP contribution in [0.25, 0.3) is 0 Å². The molecule has 9 rings (SSSR count). The monoisotopic (exact) mass is 742 g/mol. The molecule has 56 heavy (non-hydrogen) atoms. The van der Waals surface area contributed by atoms with Gasteiger partial charge < -0.3 is 14.4 Å². The van der Waals surface area contributed by atoms with Crippen LogP contribution in [-0.4, -0.2) is 58.7 Å². The van der Waals surface area contributed by atoms with Crippen LogP contribution in [0.5, 0.6) is 11.5 Å². The van der Waals surface area contributed by atoms with Crippen LogP contribution in [0.2, 0.25) is 0 Å². The smallest absolute Gasteiger partial charge is 0.262 e. The number of carbonyl (C=O) groups excluding carboxylic acids is 3. The third-order valence-corrected chi connectivity index (χ3v) is 9.83. The van der Waals surface area contributed by atoms with Crippen molar-refractivity contribution in [3.05, 3.63) is 185 Å². The summed E-state index contributed by atoms with van der Waals surface area (Å²) in [5.74, 6) is -0.180. The number of amides is 3. The van der Waals surface area contributed by atoms with Gasteiger partial charge in [0.25, 0.3) is 17.7 Å². The summed E-state index contributed by atoms with van der Waals surface area (Å²) in [6.07, 6.45) is 3.69. The maximum atomic E-state index is 14.0. The molecule has 0 spiro atoms. The molecule has 13 heteroatoms. The van der Waals surface area contributed by atoms with Crippen LogP contribution in [-0.2, 0) is 31.1 Å². The van der Waals surface area contributed by atoms with E-state index in [0.29, 0.717) is 41.7 Å². The fraction of sp³-hybridized carbons (Fsp3) is 0.140. The van der Waals surface area contributed by atoms with Crippen molar-refractivity contribution in [2.75, 3.05) is 4.90 Å². The Morgan fingerprint density at radius 2 is 0.964 bits per heavy atom. The molecular weight excluding hydrogens is 709 g/mol. The highest BCUT2D eigenvalue weighted by Gasteiger charge is 2.57. The van der Waals surface area contributed by atoms with E-state index in [1.807, 2.05) is 85.2 Å². The zero-order valence-corrected chi connectivity index (χ0v) is 30.0. The number of carbonyl (C=O) groups is 3. The van der Waals surface area contributed by atoms with E-state index in [4.69, 9.17) is 9.47 Å². The molecule has 4 heterocycles. The van der Waals surface area contributed by atoms with Crippen molar-refractivity contribution >= 4 is 23.4 Å². The van der Waals surface area contributed by atoms with Crippen molar-refractivity contribution in [2.45, 2.75) is 38.4 Å². The average Bonchev–Trinajstić information content (AvgIpc) is 3.95. The number of aromatic nitrogens is 6. The second-order valence-corrected chi connectivity index (χ2v) is 13.6. The van der Waals surface area contributed by atoms with E-state index in [1.54, 1.807) is 74.9 Å². The van der Waals surface area contributed by atoms with Gasteiger partial charge in [0, 0.05) is 5.69 Å². The molecule has 5 aromatic carbocycles. The van der Waals surface area contributed by atoms with Gasteiger partial charge in [-0.1, -0.05) is 95.4 Å². The maximum Gasteiger partial charge on any atom is 0.262 e. The number of anilines is 1. The molecule has 3 amide bonds. The van der Waals surface area contributed by atoms with Gasteiger partial charge in [-0.2, -0.15) is 0 Å². The Labute approximate surface area is 321 Å². The molecule has 0 radical (unpaired) electrons. The summed E-state index contributed by atoms with van der Waals surface area (Å²) in [5.41, 5.74) is 5.47. The van der Waals surface area contributed by atoms with Gasteiger partial charge in [-0.25, -0.2) is 9.36 Å². The lowest BCUT2D eigenvalue weighted by Crippen LogP contribution is -2.67. The molecule has 1 saturated heterocycles. The lowest BCUT2D eigenvalue weighted by atomic mass is 9.86. The van der Waals surface area contributed by atoms with Crippen LogP contribution in [0.15, 0.2) is 146 Å². The number of fused-ring (bicyclic) bond motifs is 1. The first-order chi connectivity index (χ1) is 27.5. The molecule has 2 unspecified atom stereocenters. The van der Waals surface area contributed by atoms with Crippen LogP contribution in [0, 0.1) is 0 Å². The molecule has 2 aliphatic rings. The van der Waals surface area contributed by atoms with Crippen LogP contribution < -0.4 is 14.4 Å². The van der Waals surface area contributed by atoms with Gasteiger partial charge in [0.2, 0.25) is 0 Å². The van der Waals surface area contributed by atoms with Crippen LogP contribution in [0.4, 0.5) is 5.69 Å². The first kappa shape index (κ1) is 34.4. The first-order valence-corrected chi connectivity index (χ1v) is 18.1. The van der Waals surface area contributed by atoms with Crippen molar-refractivity contribution in [1.29, 1.82) is 0 Å². The normalized spacial score (nSPS) is 16.2. The van der Waals surface area contributed by atoms with E-state index in [0.717, 1.165) is 21.6 Å². The fourth-order valence-corrected chi connectivity index (χ4v) is 7.09. The lowest BCUT2D eigenvalue weighted by molar-refractivity contribution is -0.130. The molecule has 7 aromatic rings. The fourth-order valence-electron chi connectivity index (χ4n) is 7.09. The minimum absolute atomic E-state index is 0.209. The molecule has 2 aliphatic heterocycles. The number of imide groups is 1. The van der Waals surface area contributed by atoms with E-state index >= 15 is 0 Å². The predicted molar refractivity (Wildman–Crippen MR) is 204 cm³/mol. The molecule has 0 saturated carbocycles. The third kappa shape index (κ3) is 6.77. The van der Waals surface area contributed by atoms with E-state index in [2.05, 4.69) is 20.6 Å². The number of rotatable bonds is 13. The molecular formula is C43H34N8O5. The number of β-lactam (4-membered cyclic amide) rings is 1. The standard InChI is InChI=1S/C43H34N8O5/c52-41-37-13-7-8-14-38(37)42(53)51(41)40-39(31-15-19-35(20-16-31)55-27-32-25-48(46-44-32)23-29-9-3-1-4-10-29)50(43(40)54)34-17-21-36(22-18-34)56-28-33-26-49(47-45-33)24-30-11-5-2-6-12-30/h1-22,25-26,39-40H,23-24,27-28H2. The Morgan fingerprint density at radius 3 is 1.46 bits per heavy atom. The van der Waals surface area contributed by atoms with Crippen molar-refractivity contribution in [3.63, 3.8) is 0 Å². The van der Waals surface area contributed by atoms with E-state index in [1.165, 1.54) is 0 Å². The summed E-state index contributed by atoms with van der Waals surface area (Å²) >= 11 is 0. The minimum Gasteiger partial charge on any atom is -0.487 e. The second-order valence-electron chi connectivity index (χ2n) is 13.6. The van der Waals surface area contributed by atoms with Crippen LogP contribution >= 0.6 is 0 Å². The van der Waals surface area contributed by atoms with Crippen molar-refractivity contribution in [1.82, 2.24) is 34.9 Å². The average molecular weight is 743 g/mol. The summed E-state index contributed by atoms with van der Waals surface area (Å²) in [5, 5.41) is 16.9. The van der Waals surface area contributed by atoms with Gasteiger partial charge >= 0.3 is 0 Å². The molecule has 2 atom stereocenters. The predicted octanol–water partition coefficient (Wildman–Crippen LogP) is 5.88. The van der Waals surface area contributed by atoms with Gasteiger partial charge in [-0.05, 0) is 65.2 Å². The van der Waals surface area contributed by atoms with Gasteiger partial charge in [-0.15, -0.1) is 10.2 Å². The zero-order chi connectivity index (χ0) is 38.0. The highest BCUT2D eigenvalue weighted by molar-refractivity contribution is 6.24. The van der Waals surface area contributed by atoms with Gasteiger partial charge in [0.15, 0.2) is 0 Å².